The van der Waals surface area contributed by atoms with Gasteiger partial charge in [0, 0.05) is 0 Å². The summed E-state index contributed by atoms with van der Waals surface area (Å²) in [5, 5.41) is -0.290. The van der Waals surface area contributed by atoms with Gasteiger partial charge in [0.1, 0.15) is 0 Å². The lowest BCUT2D eigenvalue weighted by molar-refractivity contribution is -0.113. The summed E-state index contributed by atoms with van der Waals surface area (Å²) in [4.78, 5) is 10.6. The summed E-state index contributed by atoms with van der Waals surface area (Å²) in [6.07, 6.45) is 1.92. The molecule has 0 aliphatic heterocycles. The summed E-state index contributed by atoms with van der Waals surface area (Å²) in [6.45, 7) is 3.62. The lowest BCUT2D eigenvalue weighted by atomic mass is 10.2. The standard InChI is InChI=1S/C5H9ClOS2/c1-5(2,4(6)7)9-8-3/h1-3H3. The molecule has 0 heterocycles. The third-order valence-electron chi connectivity index (χ3n) is 0.765. The summed E-state index contributed by atoms with van der Waals surface area (Å²) >= 11 is 5.28. The SMILES string of the molecule is CSSC(C)(C)C(=O)Cl. The summed E-state index contributed by atoms with van der Waals surface area (Å²) in [5.41, 5.74) is 0. The molecule has 0 saturated carbocycles. The van der Waals surface area contributed by atoms with Crippen molar-refractivity contribution in [3.63, 3.8) is 0 Å². The van der Waals surface area contributed by atoms with Gasteiger partial charge in [-0.25, -0.2) is 0 Å². The normalized spacial score (nSPS) is 11.6. The smallest absolute Gasteiger partial charge is 0.238 e. The molecule has 0 spiro atoms. The fourth-order valence-corrected chi connectivity index (χ4v) is 2.45. The van der Waals surface area contributed by atoms with E-state index in [1.807, 2.05) is 20.1 Å². The summed E-state index contributed by atoms with van der Waals surface area (Å²) < 4.78 is -0.443. The highest BCUT2D eigenvalue weighted by Gasteiger charge is 2.25. The average molecular weight is 185 g/mol. The van der Waals surface area contributed by atoms with Gasteiger partial charge in [-0.15, -0.1) is 0 Å². The zero-order valence-electron chi connectivity index (χ0n) is 5.60. The van der Waals surface area contributed by atoms with Crippen LogP contribution in [0.4, 0.5) is 0 Å². The molecule has 0 fully saturated rings. The first-order valence-electron chi connectivity index (χ1n) is 2.42. The third-order valence-corrected chi connectivity index (χ3v) is 3.87. The maximum absolute atomic E-state index is 10.6. The molecule has 0 saturated heterocycles. The minimum absolute atomic E-state index is 0.290. The molecule has 0 rings (SSSR count). The van der Waals surface area contributed by atoms with Crippen molar-refractivity contribution in [2.45, 2.75) is 18.6 Å². The van der Waals surface area contributed by atoms with Gasteiger partial charge in [0.2, 0.25) is 5.24 Å². The van der Waals surface area contributed by atoms with Gasteiger partial charge in [-0.05, 0) is 31.7 Å². The maximum atomic E-state index is 10.6. The van der Waals surface area contributed by atoms with Gasteiger partial charge in [-0.2, -0.15) is 0 Å². The Kier molecular flexibility index (Phi) is 4.01. The van der Waals surface area contributed by atoms with Gasteiger partial charge in [-0.1, -0.05) is 21.6 Å². The molecular formula is C5H9ClOS2. The number of rotatable bonds is 3. The van der Waals surface area contributed by atoms with E-state index in [0.717, 1.165) is 0 Å². The quantitative estimate of drug-likeness (QED) is 0.496. The van der Waals surface area contributed by atoms with Gasteiger partial charge >= 0.3 is 0 Å². The van der Waals surface area contributed by atoms with Crippen molar-refractivity contribution >= 4 is 38.4 Å². The molecule has 1 nitrogen and oxygen atoms in total. The van der Waals surface area contributed by atoms with Crippen molar-refractivity contribution in [2.24, 2.45) is 0 Å². The highest BCUT2D eigenvalue weighted by atomic mass is 35.5. The van der Waals surface area contributed by atoms with Crippen LogP contribution in [-0.2, 0) is 4.79 Å². The highest BCUT2D eigenvalue weighted by Crippen LogP contribution is 2.34. The maximum Gasteiger partial charge on any atom is 0.238 e. The summed E-state index contributed by atoms with van der Waals surface area (Å²) in [7, 11) is 3.03. The van der Waals surface area contributed by atoms with Crippen LogP contribution in [0.1, 0.15) is 13.8 Å². The Morgan fingerprint density at radius 2 is 2.00 bits per heavy atom. The molecule has 0 unspecified atom stereocenters. The second-order valence-electron chi connectivity index (χ2n) is 2.03. The van der Waals surface area contributed by atoms with Crippen LogP contribution in [0.5, 0.6) is 0 Å². The lowest BCUT2D eigenvalue weighted by Crippen LogP contribution is -2.21. The molecule has 0 amide bonds. The number of carbonyl (C=O) groups is 1. The molecule has 0 atom stereocenters. The van der Waals surface area contributed by atoms with Gasteiger partial charge in [0.05, 0.1) is 4.75 Å². The van der Waals surface area contributed by atoms with Crippen molar-refractivity contribution in [1.82, 2.24) is 0 Å². The first kappa shape index (κ1) is 9.66. The molecule has 54 valence electrons. The van der Waals surface area contributed by atoms with E-state index < -0.39 is 4.75 Å². The van der Waals surface area contributed by atoms with Crippen molar-refractivity contribution in [2.75, 3.05) is 6.26 Å². The van der Waals surface area contributed by atoms with E-state index in [-0.39, 0.29) is 5.24 Å². The lowest BCUT2D eigenvalue weighted by Gasteiger charge is -2.15. The number of hydrogen-bond acceptors (Lipinski definition) is 3. The first-order chi connectivity index (χ1) is 4.00. The Labute approximate surface area is 68.3 Å². The zero-order chi connectivity index (χ0) is 7.49. The Morgan fingerprint density at radius 3 is 2.11 bits per heavy atom. The minimum Gasteiger partial charge on any atom is -0.280 e. The molecule has 0 N–H and O–H groups in total. The van der Waals surface area contributed by atoms with Crippen LogP contribution in [-0.4, -0.2) is 16.2 Å². The molecule has 0 aliphatic rings. The molecule has 9 heavy (non-hydrogen) atoms. The Morgan fingerprint density at radius 1 is 1.56 bits per heavy atom. The van der Waals surface area contributed by atoms with Crippen LogP contribution in [0.15, 0.2) is 0 Å². The molecule has 0 aliphatic carbocycles. The predicted octanol–water partition coefficient (Wildman–Crippen LogP) is 2.54. The molecule has 0 aromatic heterocycles. The van der Waals surface area contributed by atoms with Crippen molar-refractivity contribution in [3.05, 3.63) is 0 Å². The van der Waals surface area contributed by atoms with Gasteiger partial charge in [-0.3, -0.25) is 4.79 Å². The van der Waals surface area contributed by atoms with Gasteiger partial charge < -0.3 is 0 Å². The van der Waals surface area contributed by atoms with Crippen LogP contribution in [0, 0.1) is 0 Å². The van der Waals surface area contributed by atoms with E-state index in [2.05, 4.69) is 0 Å². The second kappa shape index (κ2) is 3.74. The molecular weight excluding hydrogens is 176 g/mol. The number of hydrogen-bond donors (Lipinski definition) is 0. The van der Waals surface area contributed by atoms with E-state index >= 15 is 0 Å². The highest BCUT2D eigenvalue weighted by molar-refractivity contribution is 8.77. The molecule has 4 heteroatoms. The first-order valence-corrected chi connectivity index (χ1v) is 5.36. The average Bonchev–Trinajstić information content (AvgIpc) is 1.65. The van der Waals surface area contributed by atoms with Gasteiger partial charge in [0.15, 0.2) is 0 Å². The van der Waals surface area contributed by atoms with Crippen molar-refractivity contribution < 1.29 is 4.79 Å². The Hall–Kier alpha value is 0.660. The molecule has 0 bridgehead atoms. The number of halogens is 1. The predicted molar refractivity (Wildman–Crippen MR) is 46.0 cm³/mol. The minimum atomic E-state index is -0.443. The Bertz CT molecular complexity index is 114. The van der Waals surface area contributed by atoms with E-state index in [9.17, 15) is 4.79 Å². The largest absolute Gasteiger partial charge is 0.280 e. The van der Waals surface area contributed by atoms with Crippen LogP contribution in [0.25, 0.3) is 0 Å². The van der Waals surface area contributed by atoms with E-state index in [1.54, 1.807) is 10.8 Å². The summed E-state index contributed by atoms with van der Waals surface area (Å²) in [5.74, 6) is 0. The van der Waals surface area contributed by atoms with Crippen molar-refractivity contribution in [1.29, 1.82) is 0 Å². The van der Waals surface area contributed by atoms with Crippen LogP contribution >= 0.6 is 33.2 Å². The second-order valence-corrected chi connectivity index (χ2v) is 5.40. The third kappa shape index (κ3) is 3.38. The molecule has 0 radical (unpaired) electrons. The zero-order valence-corrected chi connectivity index (χ0v) is 7.99. The molecule has 0 aromatic carbocycles. The van der Waals surface area contributed by atoms with E-state index in [1.165, 1.54) is 10.8 Å². The van der Waals surface area contributed by atoms with Crippen LogP contribution < -0.4 is 0 Å². The monoisotopic (exact) mass is 184 g/mol. The topological polar surface area (TPSA) is 17.1 Å². The molecule has 0 aromatic rings. The summed E-state index contributed by atoms with van der Waals surface area (Å²) in [6, 6.07) is 0. The fourth-order valence-electron chi connectivity index (χ4n) is 0.241. The van der Waals surface area contributed by atoms with Crippen LogP contribution in [0.3, 0.4) is 0 Å². The van der Waals surface area contributed by atoms with Crippen LogP contribution in [0.2, 0.25) is 0 Å². The van der Waals surface area contributed by atoms with E-state index in [4.69, 9.17) is 11.6 Å². The number of carbonyl (C=O) groups excluding carboxylic acids is 1. The van der Waals surface area contributed by atoms with Crippen molar-refractivity contribution in [3.8, 4) is 0 Å². The van der Waals surface area contributed by atoms with Gasteiger partial charge in [0.25, 0.3) is 0 Å². The van der Waals surface area contributed by atoms with E-state index in [0.29, 0.717) is 0 Å². The Balaban J connectivity index is 3.85. The fraction of sp³-hybridized carbons (Fsp3) is 0.800.